The van der Waals surface area contributed by atoms with E-state index in [4.69, 9.17) is 10.1 Å². The molecule has 1 aliphatic rings. The van der Waals surface area contributed by atoms with Gasteiger partial charge >= 0.3 is 0 Å². The Morgan fingerprint density at radius 2 is 1.89 bits per heavy atom. The predicted octanol–water partition coefficient (Wildman–Crippen LogP) is 5.09. The van der Waals surface area contributed by atoms with Gasteiger partial charge in [-0.15, -0.1) is 5.10 Å². The molecule has 5 rings (SSSR count). The SMILES string of the molecule is C=C(C)Cn1nc(SCC(=O)Nc2ccccc2)n2c(=O)c3c(nc12)-c1ccccc1CC3(C)CC. The van der Waals surface area contributed by atoms with Gasteiger partial charge in [0.15, 0.2) is 5.16 Å². The lowest BCUT2D eigenvalue weighted by atomic mass is 9.69. The highest BCUT2D eigenvalue weighted by atomic mass is 32.2. The first kappa shape index (κ1) is 24.1. The van der Waals surface area contributed by atoms with Crippen molar-refractivity contribution >= 4 is 29.1 Å². The third-order valence-electron chi connectivity index (χ3n) is 6.74. The van der Waals surface area contributed by atoms with E-state index in [0.29, 0.717) is 23.0 Å². The lowest BCUT2D eigenvalue weighted by Gasteiger charge is -2.35. The molecule has 1 amide bonds. The van der Waals surface area contributed by atoms with Crippen LogP contribution < -0.4 is 10.9 Å². The van der Waals surface area contributed by atoms with E-state index >= 15 is 0 Å². The number of thioether (sulfide) groups is 1. The molecule has 1 atom stereocenters. The molecule has 0 radical (unpaired) electrons. The quantitative estimate of drug-likeness (QED) is 0.283. The van der Waals surface area contributed by atoms with Gasteiger partial charge in [0.2, 0.25) is 11.7 Å². The first-order valence-electron chi connectivity index (χ1n) is 12.0. The molecule has 0 saturated heterocycles. The molecular formula is C28H29N5O2S. The molecule has 7 nitrogen and oxygen atoms in total. The zero-order valence-electron chi connectivity index (χ0n) is 20.7. The van der Waals surface area contributed by atoms with Crippen molar-refractivity contribution in [2.24, 2.45) is 0 Å². The fourth-order valence-corrected chi connectivity index (χ4v) is 5.59. The number of carbonyl (C=O) groups excluding carboxylic acids is 1. The molecule has 0 spiro atoms. The lowest BCUT2D eigenvalue weighted by Crippen LogP contribution is -2.38. The van der Waals surface area contributed by atoms with Crippen LogP contribution in [0.25, 0.3) is 17.0 Å². The van der Waals surface area contributed by atoms with Gasteiger partial charge in [-0.3, -0.25) is 9.59 Å². The van der Waals surface area contributed by atoms with Gasteiger partial charge in [0.05, 0.1) is 23.6 Å². The second-order valence-electron chi connectivity index (χ2n) is 9.62. The standard InChI is InChI=1S/C28H29N5O2S/c1-5-28(4)15-19-11-9-10-14-21(19)24-23(28)25(35)33-26(30-24)32(16-18(2)3)31-27(33)36-17-22(34)29-20-12-7-6-8-13-20/h6-14H,2,5,15-17H2,1,3-4H3,(H,29,34). The van der Waals surface area contributed by atoms with Crippen LogP contribution in [-0.4, -0.2) is 30.8 Å². The summed E-state index contributed by atoms with van der Waals surface area (Å²) in [5.41, 5.74) is 4.79. The van der Waals surface area contributed by atoms with Crippen LogP contribution in [0.3, 0.4) is 0 Å². The Kier molecular flexibility index (Phi) is 6.30. The van der Waals surface area contributed by atoms with E-state index in [2.05, 4.69) is 31.8 Å². The maximum Gasteiger partial charge on any atom is 0.265 e. The van der Waals surface area contributed by atoms with Gasteiger partial charge in [-0.05, 0) is 37.5 Å². The van der Waals surface area contributed by atoms with Crippen LogP contribution in [0.2, 0.25) is 0 Å². The van der Waals surface area contributed by atoms with Crippen LogP contribution >= 0.6 is 11.8 Å². The maximum atomic E-state index is 14.1. The molecule has 2 aromatic heterocycles. The van der Waals surface area contributed by atoms with E-state index in [1.165, 1.54) is 17.3 Å². The predicted molar refractivity (Wildman–Crippen MR) is 145 cm³/mol. The molecule has 1 N–H and O–H groups in total. The number of rotatable bonds is 7. The zero-order valence-corrected chi connectivity index (χ0v) is 21.6. The molecule has 4 aromatic rings. The van der Waals surface area contributed by atoms with Crippen molar-refractivity contribution in [1.82, 2.24) is 19.2 Å². The fraction of sp³-hybridized carbons (Fsp3) is 0.286. The summed E-state index contributed by atoms with van der Waals surface area (Å²) in [6.45, 7) is 10.6. The van der Waals surface area contributed by atoms with Crippen molar-refractivity contribution in [2.75, 3.05) is 11.1 Å². The van der Waals surface area contributed by atoms with E-state index in [-0.39, 0.29) is 22.6 Å². The number of aromatic nitrogens is 4. The second kappa shape index (κ2) is 9.43. The van der Waals surface area contributed by atoms with Gasteiger partial charge in [0.1, 0.15) is 0 Å². The Labute approximate surface area is 214 Å². The van der Waals surface area contributed by atoms with Crippen LogP contribution in [0.15, 0.2) is 76.7 Å². The highest BCUT2D eigenvalue weighted by Crippen LogP contribution is 2.42. The summed E-state index contributed by atoms with van der Waals surface area (Å²) in [6.07, 6.45) is 1.58. The van der Waals surface area contributed by atoms with E-state index in [9.17, 15) is 9.59 Å². The normalized spacial score (nSPS) is 16.4. The summed E-state index contributed by atoms with van der Waals surface area (Å²) in [5, 5.41) is 8.05. The minimum Gasteiger partial charge on any atom is -0.325 e. The van der Waals surface area contributed by atoms with Crippen LogP contribution in [0.1, 0.15) is 38.3 Å². The zero-order chi connectivity index (χ0) is 25.4. The largest absolute Gasteiger partial charge is 0.325 e. The van der Waals surface area contributed by atoms with Crippen LogP contribution in [0.5, 0.6) is 0 Å². The second-order valence-corrected chi connectivity index (χ2v) is 10.6. The van der Waals surface area contributed by atoms with E-state index < -0.39 is 0 Å². The highest BCUT2D eigenvalue weighted by molar-refractivity contribution is 7.99. The summed E-state index contributed by atoms with van der Waals surface area (Å²) in [5.74, 6) is 0.411. The number of anilines is 1. The Morgan fingerprint density at radius 3 is 2.61 bits per heavy atom. The molecule has 0 saturated carbocycles. The number of allylic oxidation sites excluding steroid dienone is 1. The summed E-state index contributed by atoms with van der Waals surface area (Å²) in [7, 11) is 0. The summed E-state index contributed by atoms with van der Waals surface area (Å²) in [4.78, 5) is 31.8. The van der Waals surface area contributed by atoms with Crippen molar-refractivity contribution in [3.05, 3.63) is 88.2 Å². The number of nitrogens with one attached hydrogen (secondary N) is 1. The number of benzene rings is 2. The highest BCUT2D eigenvalue weighted by Gasteiger charge is 2.38. The number of hydrogen-bond donors (Lipinski definition) is 1. The Morgan fingerprint density at radius 1 is 1.17 bits per heavy atom. The van der Waals surface area contributed by atoms with Crippen LogP contribution in [0, 0.1) is 0 Å². The van der Waals surface area contributed by atoms with Crippen molar-refractivity contribution in [3.8, 4) is 11.3 Å². The molecule has 1 unspecified atom stereocenters. The van der Waals surface area contributed by atoms with Crippen molar-refractivity contribution in [1.29, 1.82) is 0 Å². The molecular weight excluding hydrogens is 470 g/mol. The topological polar surface area (TPSA) is 81.3 Å². The van der Waals surface area contributed by atoms with E-state index in [1.807, 2.05) is 55.5 Å². The summed E-state index contributed by atoms with van der Waals surface area (Å²) >= 11 is 1.23. The molecule has 36 heavy (non-hydrogen) atoms. The average Bonchev–Trinajstić information content (AvgIpc) is 3.20. The maximum absolute atomic E-state index is 14.1. The molecule has 184 valence electrons. The number of carbonyl (C=O) groups is 1. The van der Waals surface area contributed by atoms with Crippen molar-refractivity contribution in [3.63, 3.8) is 0 Å². The number of para-hydroxylation sites is 1. The molecule has 2 heterocycles. The first-order chi connectivity index (χ1) is 17.3. The molecule has 2 aromatic carbocycles. The molecule has 8 heteroatoms. The number of fused-ring (bicyclic) bond motifs is 4. The minimum absolute atomic E-state index is 0.117. The van der Waals surface area contributed by atoms with Gasteiger partial charge in [-0.1, -0.05) is 80.2 Å². The van der Waals surface area contributed by atoms with E-state index in [1.54, 1.807) is 9.08 Å². The third-order valence-corrected chi connectivity index (χ3v) is 7.67. The van der Waals surface area contributed by atoms with Gasteiger partial charge in [0, 0.05) is 16.7 Å². The Balaban J connectivity index is 1.62. The first-order valence-corrected chi connectivity index (χ1v) is 13.0. The van der Waals surface area contributed by atoms with Crippen LogP contribution in [0.4, 0.5) is 5.69 Å². The van der Waals surface area contributed by atoms with Gasteiger partial charge < -0.3 is 5.32 Å². The lowest BCUT2D eigenvalue weighted by molar-refractivity contribution is -0.113. The minimum atomic E-state index is -0.349. The van der Waals surface area contributed by atoms with Gasteiger partial charge in [-0.2, -0.15) is 0 Å². The molecule has 1 aliphatic carbocycles. The monoisotopic (exact) mass is 499 g/mol. The molecule has 0 fully saturated rings. The Hall–Kier alpha value is -3.65. The smallest absolute Gasteiger partial charge is 0.265 e. The van der Waals surface area contributed by atoms with Crippen molar-refractivity contribution in [2.45, 2.75) is 50.7 Å². The summed E-state index contributed by atoms with van der Waals surface area (Å²) in [6, 6.07) is 17.5. The molecule has 0 bridgehead atoms. The third kappa shape index (κ3) is 4.26. The fourth-order valence-electron chi connectivity index (χ4n) is 4.81. The Bertz CT molecular complexity index is 1540. The number of hydrogen-bond acceptors (Lipinski definition) is 5. The summed E-state index contributed by atoms with van der Waals surface area (Å²) < 4.78 is 3.28. The average molecular weight is 500 g/mol. The van der Waals surface area contributed by atoms with Gasteiger partial charge in [0.25, 0.3) is 5.56 Å². The van der Waals surface area contributed by atoms with Crippen LogP contribution in [-0.2, 0) is 23.2 Å². The number of nitrogens with zero attached hydrogens (tertiary/aromatic N) is 4. The molecule has 0 aliphatic heterocycles. The van der Waals surface area contributed by atoms with E-state index in [0.717, 1.165) is 35.4 Å². The number of amides is 1. The van der Waals surface area contributed by atoms with Crippen molar-refractivity contribution < 1.29 is 4.79 Å². The van der Waals surface area contributed by atoms with Gasteiger partial charge in [-0.25, -0.2) is 14.1 Å².